The molecule has 0 heterocycles. The van der Waals surface area contributed by atoms with Gasteiger partial charge in [0, 0.05) is 32.1 Å². The second kappa shape index (κ2) is 12.8. The first-order valence-corrected chi connectivity index (χ1v) is 10.6. The van der Waals surface area contributed by atoms with Crippen LogP contribution in [0.4, 0.5) is 0 Å². The third-order valence-corrected chi connectivity index (χ3v) is 5.84. The summed E-state index contributed by atoms with van der Waals surface area (Å²) >= 11 is 0. The molecular weight excluding hydrogens is 386 g/mol. The summed E-state index contributed by atoms with van der Waals surface area (Å²) in [5.41, 5.74) is 6.99. The normalized spacial score (nSPS) is 16.6. The molecule has 0 amide bonds. The SMILES string of the molecule is COCCCOc1cc(C([C@@H](C)C(=O)O)[C@H](O)[C@@H](N)C[C@H](C)C(C)C)ccc1OC. The molecule has 0 radical (unpaired) electrons. The summed E-state index contributed by atoms with van der Waals surface area (Å²) in [7, 11) is 3.18. The summed E-state index contributed by atoms with van der Waals surface area (Å²) in [5.74, 6) is -0.700. The molecule has 1 unspecified atom stereocenters. The van der Waals surface area contributed by atoms with Crippen molar-refractivity contribution in [2.24, 2.45) is 23.5 Å². The Kier molecular flexibility index (Phi) is 11.2. The second-order valence-corrected chi connectivity index (χ2v) is 8.37. The van der Waals surface area contributed by atoms with E-state index in [0.29, 0.717) is 55.0 Å². The van der Waals surface area contributed by atoms with Crippen LogP contribution in [0.5, 0.6) is 11.5 Å². The van der Waals surface area contributed by atoms with Gasteiger partial charge in [-0.25, -0.2) is 0 Å². The zero-order chi connectivity index (χ0) is 22.8. The van der Waals surface area contributed by atoms with E-state index in [2.05, 4.69) is 20.8 Å². The van der Waals surface area contributed by atoms with Gasteiger partial charge in [0.1, 0.15) is 0 Å². The number of hydrogen-bond acceptors (Lipinski definition) is 6. The van der Waals surface area contributed by atoms with Gasteiger partial charge in [-0.05, 0) is 36.0 Å². The number of methoxy groups -OCH3 is 2. The maximum absolute atomic E-state index is 11.8. The van der Waals surface area contributed by atoms with Gasteiger partial charge >= 0.3 is 5.97 Å². The number of carboxylic acid groups (broad SMARTS) is 1. The lowest BCUT2D eigenvalue weighted by Gasteiger charge is -2.32. The Balaban J connectivity index is 3.19. The van der Waals surface area contributed by atoms with E-state index in [-0.39, 0.29) is 0 Å². The molecule has 0 bridgehead atoms. The summed E-state index contributed by atoms with van der Waals surface area (Å²) in [5, 5.41) is 20.7. The van der Waals surface area contributed by atoms with Gasteiger partial charge < -0.3 is 30.2 Å². The largest absolute Gasteiger partial charge is 0.493 e. The van der Waals surface area contributed by atoms with E-state index in [1.54, 1.807) is 39.3 Å². The number of aliphatic carboxylic acids is 1. The Labute approximate surface area is 180 Å². The van der Waals surface area contributed by atoms with E-state index in [4.69, 9.17) is 19.9 Å². The molecule has 0 aliphatic rings. The van der Waals surface area contributed by atoms with Crippen molar-refractivity contribution >= 4 is 5.97 Å². The van der Waals surface area contributed by atoms with Crippen molar-refractivity contribution in [3.05, 3.63) is 23.8 Å². The summed E-state index contributed by atoms with van der Waals surface area (Å²) in [6.07, 6.45) is 0.310. The number of carbonyl (C=O) groups is 1. The number of ether oxygens (including phenoxy) is 3. The molecule has 0 spiro atoms. The molecule has 30 heavy (non-hydrogen) atoms. The average molecular weight is 426 g/mol. The summed E-state index contributed by atoms with van der Waals surface area (Å²) < 4.78 is 16.2. The highest BCUT2D eigenvalue weighted by molar-refractivity contribution is 5.71. The lowest BCUT2D eigenvalue weighted by Crippen LogP contribution is -2.43. The molecule has 1 rings (SSSR count). The Morgan fingerprint density at radius 3 is 2.30 bits per heavy atom. The molecule has 0 fully saturated rings. The van der Waals surface area contributed by atoms with Gasteiger partial charge in [-0.2, -0.15) is 0 Å². The molecule has 0 aromatic heterocycles. The van der Waals surface area contributed by atoms with Gasteiger partial charge in [0.2, 0.25) is 0 Å². The predicted molar refractivity (Wildman–Crippen MR) is 117 cm³/mol. The third kappa shape index (κ3) is 7.45. The predicted octanol–water partition coefficient (Wildman–Crippen LogP) is 3.29. The van der Waals surface area contributed by atoms with Crippen LogP contribution in [0, 0.1) is 17.8 Å². The van der Waals surface area contributed by atoms with Crippen molar-refractivity contribution in [3.8, 4) is 11.5 Å². The molecule has 0 aliphatic carbocycles. The number of nitrogens with two attached hydrogens (primary N) is 1. The Hall–Kier alpha value is -1.83. The lowest BCUT2D eigenvalue weighted by atomic mass is 9.77. The Bertz CT molecular complexity index is 651. The monoisotopic (exact) mass is 425 g/mol. The van der Waals surface area contributed by atoms with Gasteiger partial charge in [-0.1, -0.05) is 33.8 Å². The van der Waals surface area contributed by atoms with Crippen molar-refractivity contribution in [2.45, 2.75) is 58.6 Å². The van der Waals surface area contributed by atoms with Crippen LogP contribution in [0.15, 0.2) is 18.2 Å². The topological polar surface area (TPSA) is 111 Å². The molecule has 172 valence electrons. The van der Waals surface area contributed by atoms with E-state index in [9.17, 15) is 15.0 Å². The van der Waals surface area contributed by atoms with E-state index < -0.39 is 30.0 Å². The number of hydrogen-bond donors (Lipinski definition) is 3. The van der Waals surface area contributed by atoms with Gasteiger partial charge in [0.25, 0.3) is 0 Å². The Morgan fingerprint density at radius 1 is 1.10 bits per heavy atom. The molecule has 1 aromatic rings. The molecule has 0 aliphatic heterocycles. The smallest absolute Gasteiger partial charge is 0.306 e. The van der Waals surface area contributed by atoms with Crippen molar-refractivity contribution in [1.82, 2.24) is 0 Å². The lowest BCUT2D eigenvalue weighted by molar-refractivity contribution is -0.143. The van der Waals surface area contributed by atoms with Crippen LogP contribution in [0.3, 0.4) is 0 Å². The van der Waals surface area contributed by atoms with E-state index >= 15 is 0 Å². The number of aliphatic hydroxyl groups excluding tert-OH is 1. The highest BCUT2D eigenvalue weighted by Crippen LogP contribution is 2.37. The zero-order valence-electron chi connectivity index (χ0n) is 19.1. The molecule has 4 N–H and O–H groups in total. The standard InChI is InChI=1S/C23H39NO6/c1-14(2)15(3)12-18(24)22(25)21(16(4)23(26)27)17-8-9-19(29-6)20(13-17)30-11-7-10-28-5/h8-9,13-16,18,21-22,25H,7,10-12,24H2,1-6H3,(H,26,27)/t15-,16+,18-,21?,22+/m0/s1. The molecule has 5 atom stereocenters. The molecule has 7 heteroatoms. The maximum Gasteiger partial charge on any atom is 0.306 e. The average Bonchev–Trinajstić information content (AvgIpc) is 2.71. The van der Waals surface area contributed by atoms with Crippen molar-refractivity contribution in [3.63, 3.8) is 0 Å². The Morgan fingerprint density at radius 2 is 1.77 bits per heavy atom. The van der Waals surface area contributed by atoms with Crippen LogP contribution in [-0.2, 0) is 9.53 Å². The number of aliphatic hydroxyl groups is 1. The molecular formula is C23H39NO6. The van der Waals surface area contributed by atoms with Crippen molar-refractivity contribution in [1.29, 1.82) is 0 Å². The van der Waals surface area contributed by atoms with E-state index in [1.807, 2.05) is 0 Å². The first-order valence-electron chi connectivity index (χ1n) is 10.6. The van der Waals surface area contributed by atoms with E-state index in [0.717, 1.165) is 0 Å². The third-order valence-electron chi connectivity index (χ3n) is 5.84. The first-order chi connectivity index (χ1) is 14.1. The summed E-state index contributed by atoms with van der Waals surface area (Å²) in [4.78, 5) is 11.8. The zero-order valence-corrected chi connectivity index (χ0v) is 19.1. The molecule has 0 saturated heterocycles. The number of carboxylic acids is 1. The first kappa shape index (κ1) is 26.2. The highest BCUT2D eigenvalue weighted by Gasteiger charge is 2.36. The summed E-state index contributed by atoms with van der Waals surface area (Å²) in [6, 6.07) is 4.71. The van der Waals surface area contributed by atoms with Crippen LogP contribution in [0.2, 0.25) is 0 Å². The second-order valence-electron chi connectivity index (χ2n) is 8.37. The van der Waals surface area contributed by atoms with Gasteiger partial charge in [0.05, 0.1) is 25.7 Å². The van der Waals surface area contributed by atoms with Gasteiger partial charge in [-0.3, -0.25) is 4.79 Å². The van der Waals surface area contributed by atoms with Crippen molar-refractivity contribution in [2.75, 3.05) is 27.4 Å². The molecule has 0 saturated carbocycles. The minimum Gasteiger partial charge on any atom is -0.493 e. The summed E-state index contributed by atoms with van der Waals surface area (Å²) in [6.45, 7) is 8.91. The minimum atomic E-state index is -1.01. The quantitative estimate of drug-likeness (QED) is 0.392. The van der Waals surface area contributed by atoms with Crippen LogP contribution < -0.4 is 15.2 Å². The number of benzene rings is 1. The fourth-order valence-electron chi connectivity index (χ4n) is 3.44. The number of rotatable bonds is 14. The van der Waals surface area contributed by atoms with Crippen LogP contribution >= 0.6 is 0 Å². The minimum absolute atomic E-state index is 0.311. The van der Waals surface area contributed by atoms with Crippen molar-refractivity contribution < 1.29 is 29.2 Å². The molecule has 7 nitrogen and oxygen atoms in total. The van der Waals surface area contributed by atoms with Crippen LogP contribution in [0.25, 0.3) is 0 Å². The highest BCUT2D eigenvalue weighted by atomic mass is 16.5. The van der Waals surface area contributed by atoms with Crippen LogP contribution in [0.1, 0.15) is 52.0 Å². The fourth-order valence-corrected chi connectivity index (χ4v) is 3.44. The van der Waals surface area contributed by atoms with E-state index in [1.165, 1.54) is 0 Å². The fraction of sp³-hybridized carbons (Fsp3) is 0.696. The van der Waals surface area contributed by atoms with Gasteiger partial charge in [-0.15, -0.1) is 0 Å². The van der Waals surface area contributed by atoms with Crippen LogP contribution in [-0.4, -0.2) is 55.8 Å². The van der Waals surface area contributed by atoms with Gasteiger partial charge in [0.15, 0.2) is 11.5 Å². The maximum atomic E-state index is 11.8. The molecule has 1 aromatic carbocycles.